The van der Waals surface area contributed by atoms with Gasteiger partial charge in [-0.3, -0.25) is 0 Å². The van der Waals surface area contributed by atoms with E-state index in [1.165, 1.54) is 49.8 Å². The van der Waals surface area contributed by atoms with E-state index in [4.69, 9.17) is 9.97 Å². The summed E-state index contributed by atoms with van der Waals surface area (Å²) in [6.45, 7) is 3.23. The molecule has 1 saturated carbocycles. The van der Waals surface area contributed by atoms with Crippen molar-refractivity contribution in [2.24, 2.45) is 0 Å². The Bertz CT molecular complexity index is 436. The zero-order valence-corrected chi connectivity index (χ0v) is 12.0. The van der Waals surface area contributed by atoms with Crippen LogP contribution in [0.15, 0.2) is 0 Å². The van der Waals surface area contributed by atoms with Gasteiger partial charge in [0.05, 0.1) is 0 Å². The maximum atomic E-state index is 4.91. The Morgan fingerprint density at radius 1 is 1.05 bits per heavy atom. The number of hydrogen-bond acceptors (Lipinski definition) is 3. The molecule has 104 valence electrons. The molecule has 0 unspecified atom stereocenters. The number of hydrogen-bond donors (Lipinski definition) is 1. The second kappa shape index (κ2) is 5.89. The highest BCUT2D eigenvalue weighted by molar-refractivity contribution is 5.48. The first kappa shape index (κ1) is 12.9. The van der Waals surface area contributed by atoms with Crippen molar-refractivity contribution in [1.82, 2.24) is 9.97 Å². The van der Waals surface area contributed by atoms with Crippen molar-refractivity contribution in [2.75, 3.05) is 11.9 Å². The van der Waals surface area contributed by atoms with Crippen molar-refractivity contribution in [2.45, 2.75) is 70.6 Å². The van der Waals surface area contributed by atoms with Crippen LogP contribution in [-0.4, -0.2) is 16.5 Å². The Balaban J connectivity index is 1.92. The lowest BCUT2D eigenvalue weighted by atomic mass is 9.95. The Kier molecular flexibility index (Phi) is 4.00. The lowest BCUT2D eigenvalue weighted by molar-refractivity contribution is 0.621. The van der Waals surface area contributed by atoms with E-state index >= 15 is 0 Å². The second-order valence-electron chi connectivity index (χ2n) is 5.97. The van der Waals surface area contributed by atoms with Crippen LogP contribution in [0.25, 0.3) is 0 Å². The Hall–Kier alpha value is -1.12. The van der Waals surface area contributed by atoms with Crippen molar-refractivity contribution in [3.05, 3.63) is 17.1 Å². The average Bonchev–Trinajstić information content (AvgIpc) is 2.98. The molecule has 2 aliphatic carbocycles. The number of rotatable bonds is 4. The molecular formula is C16H25N3. The molecule has 0 saturated heterocycles. The largest absolute Gasteiger partial charge is 0.370 e. The Morgan fingerprint density at radius 3 is 2.63 bits per heavy atom. The van der Waals surface area contributed by atoms with Gasteiger partial charge in [-0.25, -0.2) is 9.97 Å². The van der Waals surface area contributed by atoms with Gasteiger partial charge < -0.3 is 5.32 Å². The normalized spacial score (nSPS) is 19.4. The van der Waals surface area contributed by atoms with E-state index in [1.807, 2.05) is 0 Å². The highest BCUT2D eigenvalue weighted by Gasteiger charge is 2.24. The van der Waals surface area contributed by atoms with Gasteiger partial charge in [0.1, 0.15) is 11.6 Å². The molecule has 0 atom stereocenters. The highest BCUT2D eigenvalue weighted by Crippen LogP contribution is 2.34. The predicted octanol–water partition coefficient (Wildman–Crippen LogP) is 3.83. The number of nitrogens with zero attached hydrogens (tertiary/aromatic N) is 2. The maximum Gasteiger partial charge on any atom is 0.134 e. The highest BCUT2D eigenvalue weighted by atomic mass is 15.0. The number of nitrogens with one attached hydrogen (secondary N) is 1. The summed E-state index contributed by atoms with van der Waals surface area (Å²) >= 11 is 0. The van der Waals surface area contributed by atoms with Gasteiger partial charge in [-0.15, -0.1) is 0 Å². The van der Waals surface area contributed by atoms with Crippen LogP contribution in [0.2, 0.25) is 0 Å². The van der Waals surface area contributed by atoms with Crippen LogP contribution in [0.1, 0.15) is 74.9 Å². The minimum absolute atomic E-state index is 0.620. The zero-order valence-electron chi connectivity index (χ0n) is 12.0. The molecule has 0 spiro atoms. The maximum absolute atomic E-state index is 4.91. The molecule has 0 radical (unpaired) electrons. The number of anilines is 1. The molecular weight excluding hydrogens is 234 g/mol. The smallest absolute Gasteiger partial charge is 0.134 e. The summed E-state index contributed by atoms with van der Waals surface area (Å²) in [5.41, 5.74) is 2.74. The van der Waals surface area contributed by atoms with Crippen molar-refractivity contribution in [3.8, 4) is 0 Å². The quantitative estimate of drug-likeness (QED) is 0.893. The molecule has 1 aromatic heterocycles. The molecule has 2 aliphatic rings. The third-order valence-corrected chi connectivity index (χ3v) is 4.46. The zero-order chi connectivity index (χ0) is 13.1. The van der Waals surface area contributed by atoms with Gasteiger partial charge in [0.15, 0.2) is 0 Å². The summed E-state index contributed by atoms with van der Waals surface area (Å²) in [5, 5.41) is 3.54. The third-order valence-electron chi connectivity index (χ3n) is 4.46. The monoisotopic (exact) mass is 259 g/mol. The summed E-state index contributed by atoms with van der Waals surface area (Å²) < 4.78 is 0. The van der Waals surface area contributed by atoms with Crippen LogP contribution in [0.5, 0.6) is 0 Å². The van der Waals surface area contributed by atoms with Crippen LogP contribution >= 0.6 is 0 Å². The van der Waals surface area contributed by atoms with Gasteiger partial charge in [0, 0.05) is 23.7 Å². The van der Waals surface area contributed by atoms with Crippen molar-refractivity contribution >= 4 is 5.82 Å². The lowest BCUT2D eigenvalue weighted by Crippen LogP contribution is -2.16. The molecule has 0 aromatic carbocycles. The van der Waals surface area contributed by atoms with Gasteiger partial charge in [-0.1, -0.05) is 19.8 Å². The van der Waals surface area contributed by atoms with Crippen LogP contribution in [0.3, 0.4) is 0 Å². The van der Waals surface area contributed by atoms with Crippen molar-refractivity contribution < 1.29 is 0 Å². The summed E-state index contributed by atoms with van der Waals surface area (Å²) in [7, 11) is 0. The molecule has 3 heteroatoms. The third kappa shape index (κ3) is 2.75. The van der Waals surface area contributed by atoms with E-state index in [2.05, 4.69) is 12.2 Å². The molecule has 0 bridgehead atoms. The van der Waals surface area contributed by atoms with Gasteiger partial charge in [-0.05, 0) is 44.9 Å². The Labute approximate surface area is 116 Å². The molecule has 1 aromatic rings. The minimum atomic E-state index is 0.620. The van der Waals surface area contributed by atoms with E-state index in [0.717, 1.165) is 37.4 Å². The van der Waals surface area contributed by atoms with E-state index in [1.54, 1.807) is 0 Å². The van der Waals surface area contributed by atoms with E-state index in [0.29, 0.717) is 5.92 Å². The predicted molar refractivity (Wildman–Crippen MR) is 78.7 cm³/mol. The fourth-order valence-corrected chi connectivity index (χ4v) is 3.37. The first-order valence-electron chi connectivity index (χ1n) is 8.02. The standard InChI is InChI=1S/C16H25N3/c1-2-11-17-16-13-9-5-6-10-14(13)18-15(19-16)12-7-3-4-8-12/h12H,2-11H2,1H3,(H,17,18,19). The van der Waals surface area contributed by atoms with Crippen molar-refractivity contribution in [1.29, 1.82) is 0 Å². The minimum Gasteiger partial charge on any atom is -0.370 e. The fourth-order valence-electron chi connectivity index (χ4n) is 3.37. The first-order valence-corrected chi connectivity index (χ1v) is 8.02. The first-order chi connectivity index (χ1) is 9.38. The van der Waals surface area contributed by atoms with Gasteiger partial charge in [0.2, 0.25) is 0 Å². The summed E-state index contributed by atoms with van der Waals surface area (Å²) in [6, 6.07) is 0. The summed E-state index contributed by atoms with van der Waals surface area (Å²) in [5.74, 6) is 2.89. The van der Waals surface area contributed by atoms with Gasteiger partial charge in [-0.2, -0.15) is 0 Å². The fraction of sp³-hybridized carbons (Fsp3) is 0.750. The summed E-state index contributed by atoms with van der Waals surface area (Å²) in [6.07, 6.45) is 11.3. The molecule has 1 heterocycles. The van der Waals surface area contributed by atoms with E-state index in [-0.39, 0.29) is 0 Å². The number of fused-ring (bicyclic) bond motifs is 1. The lowest BCUT2D eigenvalue weighted by Gasteiger charge is -2.21. The van der Waals surface area contributed by atoms with Crippen LogP contribution < -0.4 is 5.32 Å². The molecule has 1 fully saturated rings. The SMILES string of the molecule is CCCNc1nc(C2CCCC2)nc2c1CCCC2. The molecule has 0 aliphatic heterocycles. The molecule has 1 N–H and O–H groups in total. The topological polar surface area (TPSA) is 37.8 Å². The Morgan fingerprint density at radius 2 is 1.84 bits per heavy atom. The number of aromatic nitrogens is 2. The van der Waals surface area contributed by atoms with Crippen LogP contribution in [0, 0.1) is 0 Å². The van der Waals surface area contributed by atoms with Crippen LogP contribution in [-0.2, 0) is 12.8 Å². The average molecular weight is 259 g/mol. The number of aryl methyl sites for hydroxylation is 1. The molecule has 0 amide bonds. The van der Waals surface area contributed by atoms with Gasteiger partial charge in [0.25, 0.3) is 0 Å². The molecule has 19 heavy (non-hydrogen) atoms. The van der Waals surface area contributed by atoms with E-state index in [9.17, 15) is 0 Å². The molecule has 3 rings (SSSR count). The second-order valence-corrected chi connectivity index (χ2v) is 5.97. The molecule has 3 nitrogen and oxygen atoms in total. The van der Waals surface area contributed by atoms with Gasteiger partial charge >= 0.3 is 0 Å². The van der Waals surface area contributed by atoms with Crippen molar-refractivity contribution in [3.63, 3.8) is 0 Å². The summed E-state index contributed by atoms with van der Waals surface area (Å²) in [4.78, 5) is 9.80. The van der Waals surface area contributed by atoms with Crippen LogP contribution in [0.4, 0.5) is 5.82 Å². The van der Waals surface area contributed by atoms with E-state index < -0.39 is 0 Å².